The molecule has 2 aromatic carbocycles. The molecule has 180 valence electrons. The third-order valence-electron chi connectivity index (χ3n) is 5.71. The summed E-state index contributed by atoms with van der Waals surface area (Å²) < 4.78 is 35.0. The Morgan fingerprint density at radius 1 is 1.21 bits per heavy atom. The second kappa shape index (κ2) is 9.76. The molecule has 1 aliphatic rings. The summed E-state index contributed by atoms with van der Waals surface area (Å²) in [6, 6.07) is 10.5. The van der Waals surface area contributed by atoms with E-state index >= 15 is 0 Å². The Hall–Kier alpha value is -2.91. The van der Waals surface area contributed by atoms with E-state index in [1.54, 1.807) is 30.5 Å². The summed E-state index contributed by atoms with van der Waals surface area (Å²) in [5.74, 6) is -0.542. The molecule has 0 aliphatic heterocycles. The van der Waals surface area contributed by atoms with Crippen LogP contribution in [0.25, 0.3) is 0 Å². The minimum absolute atomic E-state index is 0.0141. The van der Waals surface area contributed by atoms with Gasteiger partial charge in [0, 0.05) is 23.2 Å². The highest BCUT2D eigenvalue weighted by atomic mass is 32.2. The molecule has 3 aromatic rings. The molecule has 0 saturated heterocycles. The van der Waals surface area contributed by atoms with Crippen LogP contribution in [0.3, 0.4) is 0 Å². The molecule has 1 aliphatic carbocycles. The van der Waals surface area contributed by atoms with E-state index in [9.17, 15) is 18.3 Å². The topological polar surface area (TPSA) is 96.8 Å². The number of benzene rings is 2. The summed E-state index contributed by atoms with van der Waals surface area (Å²) in [7, 11) is -3.91. The number of ether oxygens (including phenoxy) is 1. The van der Waals surface area contributed by atoms with Crippen LogP contribution in [0, 0.1) is 12.8 Å². The molecule has 1 aromatic heterocycles. The smallest absolute Gasteiger partial charge is 0.336 e. The first-order valence-electron chi connectivity index (χ1n) is 11.2. The monoisotopic (exact) mass is 500 g/mol. The van der Waals surface area contributed by atoms with Crippen molar-refractivity contribution in [3.05, 3.63) is 69.7 Å². The lowest BCUT2D eigenvalue weighted by Gasteiger charge is -2.28. The van der Waals surface area contributed by atoms with E-state index in [2.05, 4.69) is 4.98 Å². The fourth-order valence-corrected chi connectivity index (χ4v) is 6.88. The van der Waals surface area contributed by atoms with Gasteiger partial charge in [0.25, 0.3) is 10.0 Å². The van der Waals surface area contributed by atoms with E-state index in [0.717, 1.165) is 41.7 Å². The summed E-state index contributed by atoms with van der Waals surface area (Å²) in [5, 5.41) is 11.2. The fraction of sp³-hybridized carbons (Fsp3) is 0.360. The molecule has 4 rings (SSSR count). The highest BCUT2D eigenvalue weighted by molar-refractivity contribution is 7.94. The predicted molar refractivity (Wildman–Crippen MR) is 132 cm³/mol. The Kier molecular flexibility index (Phi) is 6.95. The van der Waals surface area contributed by atoms with Gasteiger partial charge < -0.3 is 9.84 Å². The van der Waals surface area contributed by atoms with Crippen molar-refractivity contribution in [2.45, 2.75) is 51.0 Å². The molecule has 34 heavy (non-hydrogen) atoms. The van der Waals surface area contributed by atoms with Gasteiger partial charge in [-0.1, -0.05) is 32.0 Å². The number of carbonyl (C=O) groups is 1. The van der Waals surface area contributed by atoms with Crippen LogP contribution in [0.4, 0.5) is 5.69 Å². The predicted octanol–water partition coefficient (Wildman–Crippen LogP) is 5.07. The van der Waals surface area contributed by atoms with Gasteiger partial charge in [0.15, 0.2) is 0 Å². The Balaban J connectivity index is 1.78. The number of thiazole rings is 1. The maximum Gasteiger partial charge on any atom is 0.336 e. The maximum absolute atomic E-state index is 13.7. The number of fused-ring (bicyclic) bond motifs is 1. The van der Waals surface area contributed by atoms with Gasteiger partial charge in [0.1, 0.15) is 12.4 Å². The highest BCUT2D eigenvalue weighted by Crippen LogP contribution is 2.39. The average Bonchev–Trinajstić information content (AvgIpc) is 3.44. The van der Waals surface area contributed by atoms with Gasteiger partial charge in [-0.25, -0.2) is 9.78 Å². The molecule has 0 amide bonds. The van der Waals surface area contributed by atoms with Gasteiger partial charge in [0.05, 0.1) is 11.3 Å². The molecule has 0 spiro atoms. The number of hydrogen-bond donors (Lipinski definition) is 1. The van der Waals surface area contributed by atoms with E-state index < -0.39 is 16.0 Å². The van der Waals surface area contributed by atoms with Gasteiger partial charge in [-0.2, -0.15) is 8.42 Å². The van der Waals surface area contributed by atoms with Crippen LogP contribution in [-0.2, 0) is 29.5 Å². The highest BCUT2D eigenvalue weighted by Gasteiger charge is 2.32. The van der Waals surface area contributed by atoms with Crippen molar-refractivity contribution in [1.82, 2.24) is 4.98 Å². The molecule has 0 radical (unpaired) electrons. The van der Waals surface area contributed by atoms with Crippen molar-refractivity contribution in [3.8, 4) is 5.75 Å². The fourth-order valence-electron chi connectivity index (χ4n) is 4.11. The summed E-state index contributed by atoms with van der Waals surface area (Å²) >= 11 is 1.11. The zero-order valence-electron chi connectivity index (χ0n) is 19.4. The maximum atomic E-state index is 13.7. The number of carboxylic acids is 1. The standard InChI is InChI=1S/C25H28N2O5S2/c1-16(2)13-27(34(30,31)25-26-17(3)15-33-25)22-11-18-8-6-9-19(18)12-23(22)32-14-20-7-4-5-10-21(20)24(28)29/h4-5,7,10-12,15-16H,6,8-9,13-14H2,1-3H3,(H,28,29). The van der Waals surface area contributed by atoms with E-state index in [1.165, 1.54) is 10.4 Å². The minimum Gasteiger partial charge on any atom is -0.487 e. The van der Waals surface area contributed by atoms with Crippen LogP contribution in [0.5, 0.6) is 5.75 Å². The molecule has 1 heterocycles. The number of sulfonamides is 1. The van der Waals surface area contributed by atoms with Crippen LogP contribution < -0.4 is 9.04 Å². The molecule has 7 nitrogen and oxygen atoms in total. The second-order valence-corrected chi connectivity index (χ2v) is 11.8. The normalized spacial score (nSPS) is 13.2. The number of aryl methyl sites for hydroxylation is 3. The quantitative estimate of drug-likeness (QED) is 0.441. The van der Waals surface area contributed by atoms with Crippen LogP contribution >= 0.6 is 11.3 Å². The molecule has 0 unspecified atom stereocenters. The molecule has 0 atom stereocenters. The largest absolute Gasteiger partial charge is 0.487 e. The van der Waals surface area contributed by atoms with Crippen molar-refractivity contribution >= 4 is 33.0 Å². The van der Waals surface area contributed by atoms with E-state index in [0.29, 0.717) is 22.7 Å². The minimum atomic E-state index is -3.91. The Morgan fingerprint density at radius 2 is 1.91 bits per heavy atom. The molecule has 0 fully saturated rings. The molecule has 0 saturated carbocycles. The molecular weight excluding hydrogens is 472 g/mol. The van der Waals surface area contributed by atoms with Crippen LogP contribution in [0.2, 0.25) is 0 Å². The second-order valence-electron chi connectivity index (χ2n) is 8.88. The van der Waals surface area contributed by atoms with Crippen LogP contribution in [0.15, 0.2) is 46.1 Å². The first kappa shape index (κ1) is 24.2. The first-order valence-corrected chi connectivity index (χ1v) is 13.5. The number of nitrogens with zero attached hydrogens (tertiary/aromatic N) is 2. The lowest BCUT2D eigenvalue weighted by molar-refractivity contribution is 0.0694. The number of aromatic nitrogens is 1. The van der Waals surface area contributed by atoms with Gasteiger partial charge in [-0.05, 0) is 61.4 Å². The van der Waals surface area contributed by atoms with Crippen molar-refractivity contribution in [3.63, 3.8) is 0 Å². The van der Waals surface area contributed by atoms with E-state index in [1.807, 2.05) is 26.0 Å². The molecular formula is C25H28N2O5S2. The van der Waals surface area contributed by atoms with Crippen molar-refractivity contribution in [2.24, 2.45) is 5.92 Å². The summed E-state index contributed by atoms with van der Waals surface area (Å²) in [4.78, 5) is 15.9. The number of aromatic carboxylic acids is 1. The third-order valence-corrected chi connectivity index (χ3v) is 8.84. The molecule has 9 heteroatoms. The Labute approximate surface area is 204 Å². The van der Waals surface area contributed by atoms with Crippen LogP contribution in [0.1, 0.15) is 53.0 Å². The van der Waals surface area contributed by atoms with Crippen molar-refractivity contribution < 1.29 is 23.1 Å². The summed E-state index contributed by atoms with van der Waals surface area (Å²) in [6.45, 7) is 5.98. The van der Waals surface area contributed by atoms with Gasteiger partial charge in [-0.15, -0.1) is 11.3 Å². The first-order chi connectivity index (χ1) is 16.2. The molecule has 1 N–H and O–H groups in total. The summed E-state index contributed by atoms with van der Waals surface area (Å²) in [5.41, 5.74) is 4.06. The third kappa shape index (κ3) is 4.95. The van der Waals surface area contributed by atoms with E-state index in [-0.39, 0.29) is 29.0 Å². The van der Waals surface area contributed by atoms with E-state index in [4.69, 9.17) is 4.74 Å². The number of anilines is 1. The zero-order valence-corrected chi connectivity index (χ0v) is 21.1. The van der Waals surface area contributed by atoms with Crippen molar-refractivity contribution in [2.75, 3.05) is 10.8 Å². The molecule has 0 bridgehead atoms. The lowest BCUT2D eigenvalue weighted by Crippen LogP contribution is -2.34. The average molecular weight is 501 g/mol. The van der Waals surface area contributed by atoms with Crippen LogP contribution in [-0.4, -0.2) is 31.0 Å². The number of carboxylic acid groups (broad SMARTS) is 1. The summed E-state index contributed by atoms with van der Waals surface area (Å²) in [6.07, 6.45) is 2.79. The SMILES string of the molecule is Cc1csc(S(=O)(=O)N(CC(C)C)c2cc3c(cc2OCc2ccccc2C(=O)O)CCC3)n1. The lowest BCUT2D eigenvalue weighted by atomic mass is 10.1. The number of hydrogen-bond acceptors (Lipinski definition) is 6. The van der Waals surface area contributed by atoms with Crippen molar-refractivity contribution in [1.29, 1.82) is 0 Å². The number of rotatable bonds is 9. The Morgan fingerprint density at radius 3 is 2.56 bits per heavy atom. The van der Waals surface area contributed by atoms with Gasteiger partial charge >= 0.3 is 5.97 Å². The Bertz CT molecular complexity index is 1310. The van der Waals surface area contributed by atoms with Gasteiger partial charge in [-0.3, -0.25) is 4.31 Å². The zero-order chi connectivity index (χ0) is 24.5. The van der Waals surface area contributed by atoms with Gasteiger partial charge in [0.2, 0.25) is 4.34 Å².